The fourth-order valence-corrected chi connectivity index (χ4v) is 3.22. The summed E-state index contributed by atoms with van der Waals surface area (Å²) in [5, 5.41) is 7.15. The number of benzene rings is 2. The summed E-state index contributed by atoms with van der Waals surface area (Å²) in [7, 11) is 1.87. The normalized spacial score (nSPS) is 10.6. The van der Waals surface area contributed by atoms with Gasteiger partial charge >= 0.3 is 0 Å². The second-order valence-corrected chi connectivity index (χ2v) is 7.04. The molecule has 0 unspecified atom stereocenters. The molecular weight excluding hydrogens is 376 g/mol. The fraction of sp³-hybridized carbons (Fsp3) is 0.125. The molecule has 0 fully saturated rings. The second kappa shape index (κ2) is 8.61. The van der Waals surface area contributed by atoms with E-state index in [1.807, 2.05) is 62.6 Å². The van der Waals surface area contributed by atoms with Gasteiger partial charge < -0.3 is 10.1 Å². The highest BCUT2D eigenvalue weighted by Gasteiger charge is 2.18. The molecule has 30 heavy (non-hydrogen) atoms. The molecule has 0 bridgehead atoms. The minimum atomic E-state index is -0.254. The molecule has 0 aliphatic rings. The largest absolute Gasteiger partial charge is 0.488 e. The molecule has 1 amide bonds. The van der Waals surface area contributed by atoms with Crippen molar-refractivity contribution in [2.45, 2.75) is 13.5 Å². The van der Waals surface area contributed by atoms with Crippen LogP contribution in [0.15, 0.2) is 79.4 Å². The van der Waals surface area contributed by atoms with Crippen LogP contribution in [0.25, 0.3) is 11.1 Å². The van der Waals surface area contributed by atoms with Crippen LogP contribution in [0.1, 0.15) is 21.5 Å². The first kappa shape index (κ1) is 19.4. The Morgan fingerprint density at radius 3 is 2.63 bits per heavy atom. The molecule has 150 valence electrons. The third-order valence-electron chi connectivity index (χ3n) is 4.74. The summed E-state index contributed by atoms with van der Waals surface area (Å²) in [5.41, 5.74) is 5.00. The molecule has 0 radical (unpaired) electrons. The van der Waals surface area contributed by atoms with Crippen molar-refractivity contribution in [1.29, 1.82) is 0 Å². The van der Waals surface area contributed by atoms with Gasteiger partial charge in [0.25, 0.3) is 5.91 Å². The molecule has 0 spiro atoms. The Kier molecular flexibility index (Phi) is 5.57. The zero-order valence-corrected chi connectivity index (χ0v) is 16.9. The van der Waals surface area contributed by atoms with Gasteiger partial charge in [-0.3, -0.25) is 14.5 Å². The van der Waals surface area contributed by atoms with Crippen LogP contribution >= 0.6 is 0 Å². The summed E-state index contributed by atoms with van der Waals surface area (Å²) in [6.45, 7) is 2.38. The molecular formula is C24H22N4O2. The lowest BCUT2D eigenvalue weighted by Gasteiger charge is -2.15. The summed E-state index contributed by atoms with van der Waals surface area (Å²) in [6, 6.07) is 17.2. The van der Waals surface area contributed by atoms with Gasteiger partial charge in [0.15, 0.2) is 0 Å². The number of pyridine rings is 1. The first-order valence-electron chi connectivity index (χ1n) is 9.62. The third-order valence-corrected chi connectivity index (χ3v) is 4.74. The van der Waals surface area contributed by atoms with E-state index in [0.29, 0.717) is 23.6 Å². The van der Waals surface area contributed by atoms with Crippen LogP contribution in [0.4, 0.5) is 5.69 Å². The third kappa shape index (κ3) is 4.38. The van der Waals surface area contributed by atoms with E-state index in [9.17, 15) is 4.79 Å². The molecule has 6 heteroatoms. The number of hydrogen-bond donors (Lipinski definition) is 1. The highest BCUT2D eigenvalue weighted by molar-refractivity contribution is 6.07. The van der Waals surface area contributed by atoms with E-state index >= 15 is 0 Å². The number of carbonyl (C=O) groups excluding carboxylic acids is 1. The lowest BCUT2D eigenvalue weighted by Crippen LogP contribution is -2.14. The number of rotatable bonds is 6. The van der Waals surface area contributed by atoms with E-state index in [1.165, 1.54) is 0 Å². The van der Waals surface area contributed by atoms with Crippen molar-refractivity contribution < 1.29 is 9.53 Å². The first-order valence-corrected chi connectivity index (χ1v) is 9.62. The molecule has 0 saturated heterocycles. The van der Waals surface area contributed by atoms with Crippen LogP contribution in [0.5, 0.6) is 5.75 Å². The van der Waals surface area contributed by atoms with Crippen molar-refractivity contribution in [2.24, 2.45) is 7.05 Å². The smallest absolute Gasteiger partial charge is 0.259 e. The molecule has 1 N–H and O–H groups in total. The Morgan fingerprint density at radius 1 is 1.10 bits per heavy atom. The maximum atomic E-state index is 13.1. The number of carbonyl (C=O) groups is 1. The number of nitrogens with zero attached hydrogens (tertiary/aromatic N) is 3. The van der Waals surface area contributed by atoms with Crippen LogP contribution in [0.3, 0.4) is 0 Å². The summed E-state index contributed by atoms with van der Waals surface area (Å²) in [6.07, 6.45) is 6.99. The lowest BCUT2D eigenvalue weighted by molar-refractivity contribution is 0.102. The zero-order chi connectivity index (χ0) is 20.9. The van der Waals surface area contributed by atoms with Crippen molar-refractivity contribution in [3.63, 3.8) is 0 Å². The number of nitrogens with one attached hydrogen (secondary N) is 1. The van der Waals surface area contributed by atoms with Crippen molar-refractivity contribution in [2.75, 3.05) is 5.32 Å². The summed E-state index contributed by atoms with van der Waals surface area (Å²) in [4.78, 5) is 17.2. The van der Waals surface area contributed by atoms with E-state index in [-0.39, 0.29) is 5.91 Å². The van der Waals surface area contributed by atoms with Crippen molar-refractivity contribution in [3.05, 3.63) is 96.1 Å². The van der Waals surface area contributed by atoms with Gasteiger partial charge in [0, 0.05) is 25.0 Å². The molecule has 0 aliphatic carbocycles. The molecule has 6 nitrogen and oxygen atoms in total. The van der Waals surface area contributed by atoms with Gasteiger partial charge in [-0.2, -0.15) is 5.10 Å². The number of hydrogen-bond acceptors (Lipinski definition) is 4. The Labute approximate surface area is 175 Å². The molecule has 2 heterocycles. The molecule has 4 aromatic rings. The van der Waals surface area contributed by atoms with Gasteiger partial charge in [-0.05, 0) is 47.9 Å². The van der Waals surface area contributed by atoms with Gasteiger partial charge in [-0.15, -0.1) is 0 Å². The standard InChI is InChI=1S/C24H22N4O2/c1-17-11-23(30-16-18-7-4-3-5-8-18)22(12-21(17)19-13-26-28(2)15-19)24(29)27-20-9-6-10-25-14-20/h3-15H,16H2,1-2H3,(H,27,29). The topological polar surface area (TPSA) is 69.0 Å². The van der Waals surface area contributed by atoms with Gasteiger partial charge in [0.1, 0.15) is 12.4 Å². The highest BCUT2D eigenvalue weighted by atomic mass is 16.5. The van der Waals surface area contributed by atoms with E-state index in [0.717, 1.165) is 22.3 Å². The van der Waals surface area contributed by atoms with Gasteiger partial charge in [0.2, 0.25) is 0 Å². The van der Waals surface area contributed by atoms with Gasteiger partial charge in [-0.25, -0.2) is 0 Å². The number of ether oxygens (including phenoxy) is 1. The quantitative estimate of drug-likeness (QED) is 0.514. The van der Waals surface area contributed by atoms with E-state index in [1.54, 1.807) is 35.4 Å². The van der Waals surface area contributed by atoms with Crippen LogP contribution in [0.2, 0.25) is 0 Å². The molecule has 0 atom stereocenters. The zero-order valence-electron chi connectivity index (χ0n) is 16.9. The van der Waals surface area contributed by atoms with E-state index in [4.69, 9.17) is 4.74 Å². The van der Waals surface area contributed by atoms with Crippen molar-refractivity contribution in [1.82, 2.24) is 14.8 Å². The summed E-state index contributed by atoms with van der Waals surface area (Å²) >= 11 is 0. The Morgan fingerprint density at radius 2 is 1.93 bits per heavy atom. The van der Waals surface area contributed by atoms with Gasteiger partial charge in [-0.1, -0.05) is 30.3 Å². The second-order valence-electron chi connectivity index (χ2n) is 7.04. The van der Waals surface area contributed by atoms with Crippen LogP contribution in [0, 0.1) is 6.92 Å². The van der Waals surface area contributed by atoms with E-state index in [2.05, 4.69) is 15.4 Å². The van der Waals surface area contributed by atoms with E-state index < -0.39 is 0 Å². The molecule has 2 aromatic heterocycles. The molecule has 0 aliphatic heterocycles. The maximum absolute atomic E-state index is 13.1. The minimum absolute atomic E-state index is 0.254. The molecule has 4 rings (SSSR count). The molecule has 0 saturated carbocycles. The van der Waals surface area contributed by atoms with Crippen molar-refractivity contribution in [3.8, 4) is 16.9 Å². The average Bonchev–Trinajstić information content (AvgIpc) is 3.19. The SMILES string of the molecule is Cc1cc(OCc2ccccc2)c(C(=O)Nc2cccnc2)cc1-c1cnn(C)c1. The van der Waals surface area contributed by atoms with Crippen molar-refractivity contribution >= 4 is 11.6 Å². The summed E-state index contributed by atoms with van der Waals surface area (Å²) in [5.74, 6) is 0.279. The highest BCUT2D eigenvalue weighted by Crippen LogP contribution is 2.31. The predicted molar refractivity (Wildman–Crippen MR) is 116 cm³/mol. The van der Waals surface area contributed by atoms with Crippen LogP contribution < -0.4 is 10.1 Å². The van der Waals surface area contributed by atoms with Crippen LogP contribution in [-0.2, 0) is 13.7 Å². The van der Waals surface area contributed by atoms with Gasteiger partial charge in [0.05, 0.1) is 23.6 Å². The number of aryl methyl sites for hydroxylation is 2. The number of anilines is 1. The number of amides is 1. The summed E-state index contributed by atoms with van der Waals surface area (Å²) < 4.78 is 7.80. The number of aromatic nitrogens is 3. The lowest BCUT2D eigenvalue weighted by atomic mass is 9.99. The first-order chi connectivity index (χ1) is 14.6. The van der Waals surface area contributed by atoms with Crippen LogP contribution in [-0.4, -0.2) is 20.7 Å². The Bertz CT molecular complexity index is 1150. The Hall–Kier alpha value is -3.93. The Balaban J connectivity index is 1.69. The fourth-order valence-electron chi connectivity index (χ4n) is 3.22. The monoisotopic (exact) mass is 398 g/mol. The minimum Gasteiger partial charge on any atom is -0.488 e. The maximum Gasteiger partial charge on any atom is 0.259 e. The molecule has 2 aromatic carbocycles. The average molecular weight is 398 g/mol. The predicted octanol–water partition coefficient (Wildman–Crippen LogP) is 4.62.